The van der Waals surface area contributed by atoms with Crippen molar-refractivity contribution in [2.24, 2.45) is 5.92 Å². The number of nitrogens with one attached hydrogen (secondary N) is 1. The lowest BCUT2D eigenvalue weighted by Gasteiger charge is -2.07. The molecule has 2 heterocycles. The second kappa shape index (κ2) is 6.32. The Kier molecular flexibility index (Phi) is 4.11. The summed E-state index contributed by atoms with van der Waals surface area (Å²) >= 11 is 0. The Balaban J connectivity index is 1.48. The number of sulfone groups is 1. The smallest absolute Gasteiger partial charge is 0.177 e. The van der Waals surface area contributed by atoms with Gasteiger partial charge in [-0.05, 0) is 36.6 Å². The molecule has 0 aliphatic heterocycles. The molecule has 1 aliphatic carbocycles. The number of aromatic nitrogens is 2. The highest BCUT2D eigenvalue weighted by atomic mass is 32.2. The second-order valence-corrected chi connectivity index (χ2v) is 8.87. The number of para-hydroxylation sites is 1. The molecule has 1 fully saturated rings. The second-order valence-electron chi connectivity index (χ2n) is 6.89. The first-order chi connectivity index (χ1) is 12.4. The summed E-state index contributed by atoms with van der Waals surface area (Å²) in [5.41, 5.74) is 1.33. The first kappa shape index (κ1) is 16.9. The monoisotopic (exact) mass is 371 g/mol. The van der Waals surface area contributed by atoms with Gasteiger partial charge in [0.2, 0.25) is 0 Å². The molecular formula is C19H21N3O3S. The summed E-state index contributed by atoms with van der Waals surface area (Å²) in [6.07, 6.45) is 5.85. The maximum absolute atomic E-state index is 12.0. The highest BCUT2D eigenvalue weighted by Gasteiger charge is 2.36. The number of benzene rings is 1. The summed E-state index contributed by atoms with van der Waals surface area (Å²) in [6, 6.07) is 10.9. The molecule has 3 aromatic rings. The fourth-order valence-corrected chi connectivity index (χ4v) is 3.97. The van der Waals surface area contributed by atoms with Gasteiger partial charge in [0.15, 0.2) is 9.84 Å². The number of furan rings is 1. The molecule has 2 unspecified atom stereocenters. The summed E-state index contributed by atoms with van der Waals surface area (Å²) in [6.45, 7) is 2.79. The molecule has 1 N–H and O–H groups in total. The van der Waals surface area contributed by atoms with Gasteiger partial charge in [-0.3, -0.25) is 0 Å². The van der Waals surface area contributed by atoms with Crippen LogP contribution in [0.5, 0.6) is 0 Å². The number of rotatable bonds is 6. The van der Waals surface area contributed by atoms with Crippen LogP contribution in [0.4, 0.5) is 5.69 Å². The van der Waals surface area contributed by atoms with Crippen molar-refractivity contribution in [3.05, 3.63) is 60.3 Å². The first-order valence-corrected chi connectivity index (χ1v) is 10.5. The molecule has 0 amide bonds. The maximum atomic E-state index is 12.0. The zero-order valence-electron chi connectivity index (χ0n) is 14.7. The average Bonchev–Trinajstić information content (AvgIpc) is 3.04. The molecule has 2 atom stereocenters. The van der Waals surface area contributed by atoms with Crippen LogP contribution in [-0.2, 0) is 16.4 Å². The predicted octanol–water partition coefficient (Wildman–Crippen LogP) is 3.60. The van der Waals surface area contributed by atoms with Crippen molar-refractivity contribution in [3.8, 4) is 5.69 Å². The van der Waals surface area contributed by atoms with Crippen LogP contribution in [0.15, 0.2) is 58.1 Å². The molecule has 6 nitrogen and oxygen atoms in total. The summed E-state index contributed by atoms with van der Waals surface area (Å²) in [4.78, 5) is 0.254. The van der Waals surface area contributed by atoms with E-state index in [2.05, 4.69) is 23.4 Å². The van der Waals surface area contributed by atoms with Gasteiger partial charge in [-0.1, -0.05) is 19.1 Å². The van der Waals surface area contributed by atoms with E-state index in [0.717, 1.165) is 23.1 Å². The Morgan fingerprint density at radius 2 is 2.04 bits per heavy atom. The summed E-state index contributed by atoms with van der Waals surface area (Å²) < 4.78 is 31.4. The topological polar surface area (TPSA) is 77.1 Å². The normalized spacial score (nSPS) is 19.5. The average molecular weight is 371 g/mol. The summed E-state index contributed by atoms with van der Waals surface area (Å²) in [5.74, 6) is 3.23. The standard InChI is InChI=1S/C19H21N3O3S/c1-13-9-16(13)18-8-7-15(25-18)11-20-14-10-21-22(12-14)17-5-3-4-6-19(17)26(2,23)24/h3-8,10,12-13,16,20H,9,11H2,1-2H3. The number of anilines is 1. The van der Waals surface area contributed by atoms with E-state index < -0.39 is 9.84 Å². The van der Waals surface area contributed by atoms with E-state index >= 15 is 0 Å². The van der Waals surface area contributed by atoms with E-state index in [9.17, 15) is 8.42 Å². The zero-order chi connectivity index (χ0) is 18.3. The largest absolute Gasteiger partial charge is 0.464 e. The van der Waals surface area contributed by atoms with Gasteiger partial charge in [-0.25, -0.2) is 13.1 Å². The Hall–Kier alpha value is -2.54. The van der Waals surface area contributed by atoms with E-state index in [-0.39, 0.29) is 4.90 Å². The Morgan fingerprint density at radius 1 is 1.27 bits per heavy atom. The minimum atomic E-state index is -3.33. The van der Waals surface area contributed by atoms with E-state index in [1.54, 1.807) is 41.3 Å². The minimum absolute atomic E-state index is 0.254. The lowest BCUT2D eigenvalue weighted by atomic mass is 10.3. The fraction of sp³-hybridized carbons (Fsp3) is 0.316. The van der Waals surface area contributed by atoms with Gasteiger partial charge in [0, 0.05) is 12.2 Å². The van der Waals surface area contributed by atoms with E-state index in [1.807, 2.05) is 6.07 Å². The Morgan fingerprint density at radius 3 is 2.77 bits per heavy atom. The van der Waals surface area contributed by atoms with Gasteiger partial charge in [0.25, 0.3) is 0 Å². The lowest BCUT2D eigenvalue weighted by Crippen LogP contribution is -2.05. The summed E-state index contributed by atoms with van der Waals surface area (Å²) in [5, 5.41) is 7.55. The summed E-state index contributed by atoms with van der Waals surface area (Å²) in [7, 11) is -3.33. The Bertz CT molecular complexity index is 1040. The highest BCUT2D eigenvalue weighted by molar-refractivity contribution is 7.90. The van der Waals surface area contributed by atoms with Crippen LogP contribution in [-0.4, -0.2) is 24.5 Å². The Labute approximate surface area is 152 Å². The molecule has 0 radical (unpaired) electrons. The van der Waals surface area contributed by atoms with Gasteiger partial charge in [-0.2, -0.15) is 5.10 Å². The van der Waals surface area contributed by atoms with Crippen LogP contribution in [0.25, 0.3) is 5.69 Å². The van der Waals surface area contributed by atoms with Crippen molar-refractivity contribution < 1.29 is 12.8 Å². The molecule has 0 bridgehead atoms. The number of nitrogens with zero attached hydrogens (tertiary/aromatic N) is 2. The molecule has 7 heteroatoms. The lowest BCUT2D eigenvalue weighted by molar-refractivity contribution is 0.468. The molecule has 0 spiro atoms. The predicted molar refractivity (Wildman–Crippen MR) is 99.2 cm³/mol. The third kappa shape index (κ3) is 3.39. The van der Waals surface area contributed by atoms with E-state index in [0.29, 0.717) is 18.2 Å². The van der Waals surface area contributed by atoms with Crippen molar-refractivity contribution in [2.45, 2.75) is 30.7 Å². The van der Waals surface area contributed by atoms with Gasteiger partial charge in [0.05, 0.1) is 35.2 Å². The van der Waals surface area contributed by atoms with Gasteiger partial charge in [-0.15, -0.1) is 0 Å². The molecule has 4 rings (SSSR count). The van der Waals surface area contributed by atoms with Crippen LogP contribution in [0, 0.1) is 5.92 Å². The van der Waals surface area contributed by atoms with Gasteiger partial charge >= 0.3 is 0 Å². The van der Waals surface area contributed by atoms with E-state index in [1.165, 1.54) is 12.7 Å². The van der Waals surface area contributed by atoms with Crippen molar-refractivity contribution in [1.29, 1.82) is 0 Å². The fourth-order valence-electron chi connectivity index (χ4n) is 3.10. The third-order valence-electron chi connectivity index (χ3n) is 4.72. The molecule has 136 valence electrons. The SMILES string of the molecule is CC1CC1c1ccc(CNc2cnn(-c3ccccc3S(C)(=O)=O)c2)o1. The quantitative estimate of drug-likeness (QED) is 0.716. The molecular weight excluding hydrogens is 350 g/mol. The van der Waals surface area contributed by atoms with Crippen molar-refractivity contribution in [1.82, 2.24) is 9.78 Å². The minimum Gasteiger partial charge on any atom is -0.464 e. The van der Waals surface area contributed by atoms with Crippen LogP contribution >= 0.6 is 0 Å². The number of hydrogen-bond donors (Lipinski definition) is 1. The van der Waals surface area contributed by atoms with E-state index in [4.69, 9.17) is 4.42 Å². The van der Waals surface area contributed by atoms with Crippen LogP contribution in [0.1, 0.15) is 30.8 Å². The maximum Gasteiger partial charge on any atom is 0.177 e. The zero-order valence-corrected chi connectivity index (χ0v) is 15.5. The third-order valence-corrected chi connectivity index (χ3v) is 5.86. The van der Waals surface area contributed by atoms with Crippen LogP contribution in [0.3, 0.4) is 0 Å². The number of hydrogen-bond acceptors (Lipinski definition) is 5. The molecule has 1 saturated carbocycles. The van der Waals surface area contributed by atoms with Gasteiger partial charge in [0.1, 0.15) is 11.5 Å². The van der Waals surface area contributed by atoms with Crippen molar-refractivity contribution >= 4 is 15.5 Å². The first-order valence-electron chi connectivity index (χ1n) is 8.58. The van der Waals surface area contributed by atoms with Crippen LogP contribution < -0.4 is 5.32 Å². The molecule has 26 heavy (non-hydrogen) atoms. The van der Waals surface area contributed by atoms with Crippen LogP contribution in [0.2, 0.25) is 0 Å². The van der Waals surface area contributed by atoms with Gasteiger partial charge < -0.3 is 9.73 Å². The highest BCUT2D eigenvalue weighted by Crippen LogP contribution is 2.47. The molecule has 1 aromatic carbocycles. The molecule has 2 aromatic heterocycles. The van der Waals surface area contributed by atoms with Crippen molar-refractivity contribution in [2.75, 3.05) is 11.6 Å². The molecule has 0 saturated heterocycles. The van der Waals surface area contributed by atoms with Crippen molar-refractivity contribution in [3.63, 3.8) is 0 Å². The molecule has 1 aliphatic rings.